The molecule has 0 saturated carbocycles. The fourth-order valence-corrected chi connectivity index (χ4v) is 2.40. The Balaban J connectivity index is 2.16. The van der Waals surface area contributed by atoms with E-state index in [1.165, 1.54) is 0 Å². The lowest BCUT2D eigenvalue weighted by molar-refractivity contribution is -0.186. The van der Waals surface area contributed by atoms with Crippen LogP contribution in [-0.2, 0) is 19.0 Å². The van der Waals surface area contributed by atoms with Crippen LogP contribution in [0.4, 0.5) is 0 Å². The number of carbonyl (C=O) groups excluding carboxylic acids is 2. The molecule has 0 aliphatic rings. The quantitative estimate of drug-likeness (QED) is 0.444. The van der Waals surface area contributed by atoms with Gasteiger partial charge in [-0.05, 0) is 31.5 Å². The molecule has 3 atom stereocenters. The molecule has 2 aromatic carbocycles. The van der Waals surface area contributed by atoms with Gasteiger partial charge in [0.25, 0.3) is 0 Å². The molecule has 26 heavy (non-hydrogen) atoms. The van der Waals surface area contributed by atoms with Gasteiger partial charge in [-0.2, -0.15) is 0 Å². The second-order valence-electron chi connectivity index (χ2n) is 5.59. The molecule has 0 aromatic heterocycles. The maximum absolute atomic E-state index is 12.6. The zero-order valence-corrected chi connectivity index (χ0v) is 14.8. The molecular formula is C20H23NO5. The van der Waals surface area contributed by atoms with Gasteiger partial charge in [0.1, 0.15) is 0 Å². The Hall–Kier alpha value is -2.54. The van der Waals surface area contributed by atoms with E-state index in [0.717, 1.165) is 0 Å². The molecule has 138 valence electrons. The Bertz CT molecular complexity index is 705. The van der Waals surface area contributed by atoms with E-state index >= 15 is 0 Å². The summed E-state index contributed by atoms with van der Waals surface area (Å²) in [5.41, 5.74) is 7.16. The molecule has 0 spiro atoms. The van der Waals surface area contributed by atoms with Gasteiger partial charge in [0.15, 0.2) is 12.4 Å². The number of ether oxygens (including phenoxy) is 3. The Labute approximate surface area is 152 Å². The summed E-state index contributed by atoms with van der Waals surface area (Å²) in [6.07, 6.45) is -1.87. The van der Waals surface area contributed by atoms with Gasteiger partial charge in [0, 0.05) is 6.61 Å². The van der Waals surface area contributed by atoms with Crippen LogP contribution in [0, 0.1) is 0 Å². The fourth-order valence-electron chi connectivity index (χ4n) is 2.40. The number of nitrogens with two attached hydrogens (primary N) is 1. The number of rotatable bonds is 8. The van der Waals surface area contributed by atoms with Crippen LogP contribution in [0.15, 0.2) is 60.7 Å². The maximum Gasteiger partial charge on any atom is 0.345 e. The second-order valence-corrected chi connectivity index (χ2v) is 5.59. The Kier molecular flexibility index (Phi) is 7.47. The summed E-state index contributed by atoms with van der Waals surface area (Å²) < 4.78 is 15.9. The van der Waals surface area contributed by atoms with Crippen molar-refractivity contribution in [2.75, 3.05) is 6.61 Å². The van der Waals surface area contributed by atoms with Crippen molar-refractivity contribution in [3.63, 3.8) is 0 Å². The van der Waals surface area contributed by atoms with Crippen LogP contribution in [0.2, 0.25) is 0 Å². The van der Waals surface area contributed by atoms with Crippen molar-refractivity contribution >= 4 is 11.9 Å². The minimum absolute atomic E-state index is 0.269. The summed E-state index contributed by atoms with van der Waals surface area (Å²) >= 11 is 0. The van der Waals surface area contributed by atoms with Crippen molar-refractivity contribution in [2.45, 2.75) is 32.3 Å². The van der Waals surface area contributed by atoms with Crippen molar-refractivity contribution in [2.24, 2.45) is 5.73 Å². The third-order valence-corrected chi connectivity index (χ3v) is 3.69. The molecule has 2 unspecified atom stereocenters. The zero-order valence-electron chi connectivity index (χ0n) is 14.8. The number of hydrogen-bond donors (Lipinski definition) is 1. The van der Waals surface area contributed by atoms with Gasteiger partial charge in [0.05, 0.1) is 11.6 Å². The van der Waals surface area contributed by atoms with E-state index in [1.807, 2.05) is 13.0 Å². The van der Waals surface area contributed by atoms with Crippen molar-refractivity contribution in [1.82, 2.24) is 0 Å². The molecule has 2 rings (SSSR count). The van der Waals surface area contributed by atoms with Gasteiger partial charge >= 0.3 is 11.9 Å². The lowest BCUT2D eigenvalue weighted by atomic mass is 10.0. The third kappa shape index (κ3) is 5.49. The Morgan fingerprint density at radius 3 is 2.15 bits per heavy atom. The van der Waals surface area contributed by atoms with Gasteiger partial charge in [-0.25, -0.2) is 9.59 Å². The van der Waals surface area contributed by atoms with E-state index in [9.17, 15) is 9.59 Å². The first kappa shape index (κ1) is 19.8. The predicted molar refractivity (Wildman–Crippen MR) is 96.2 cm³/mol. The normalized spacial score (nSPS) is 14.3. The van der Waals surface area contributed by atoms with Gasteiger partial charge in [-0.15, -0.1) is 0 Å². The number of esters is 2. The molecule has 0 amide bonds. The van der Waals surface area contributed by atoms with Crippen LogP contribution >= 0.6 is 0 Å². The van der Waals surface area contributed by atoms with E-state index < -0.39 is 30.4 Å². The van der Waals surface area contributed by atoms with Crippen molar-refractivity contribution in [1.29, 1.82) is 0 Å². The molecule has 0 aliphatic heterocycles. The van der Waals surface area contributed by atoms with E-state index in [-0.39, 0.29) is 5.56 Å². The number of carbonyl (C=O) groups is 2. The summed E-state index contributed by atoms with van der Waals surface area (Å²) in [6.45, 7) is 3.87. The van der Waals surface area contributed by atoms with Crippen LogP contribution in [0.1, 0.15) is 35.8 Å². The smallest absolute Gasteiger partial charge is 0.345 e. The van der Waals surface area contributed by atoms with Gasteiger partial charge in [-0.1, -0.05) is 48.5 Å². The predicted octanol–water partition coefficient (Wildman–Crippen LogP) is 2.84. The molecule has 2 aromatic rings. The van der Waals surface area contributed by atoms with E-state index in [4.69, 9.17) is 19.9 Å². The molecule has 2 N–H and O–H groups in total. The second kappa shape index (κ2) is 9.82. The Morgan fingerprint density at radius 1 is 1.00 bits per heavy atom. The highest BCUT2D eigenvalue weighted by Crippen LogP contribution is 2.20. The lowest BCUT2D eigenvalue weighted by Gasteiger charge is -2.25. The van der Waals surface area contributed by atoms with Gasteiger partial charge in [0.2, 0.25) is 0 Å². The summed E-state index contributed by atoms with van der Waals surface area (Å²) in [5.74, 6) is -1.62. The van der Waals surface area contributed by atoms with Crippen molar-refractivity contribution in [3.05, 3.63) is 71.8 Å². The first-order valence-corrected chi connectivity index (χ1v) is 8.41. The first-order chi connectivity index (χ1) is 12.5. The van der Waals surface area contributed by atoms with Crippen LogP contribution < -0.4 is 5.73 Å². The largest absolute Gasteiger partial charge is 0.387 e. The molecule has 0 fully saturated rings. The highest BCUT2D eigenvalue weighted by atomic mass is 16.7. The molecule has 6 nitrogen and oxygen atoms in total. The summed E-state index contributed by atoms with van der Waals surface area (Å²) in [7, 11) is 0. The van der Waals surface area contributed by atoms with Crippen LogP contribution in [0.25, 0.3) is 0 Å². The summed E-state index contributed by atoms with van der Waals surface area (Å²) in [6, 6.07) is 16.4. The van der Waals surface area contributed by atoms with Crippen molar-refractivity contribution < 1.29 is 23.8 Å². The molecule has 0 heterocycles. The lowest BCUT2D eigenvalue weighted by Crippen LogP contribution is -2.40. The van der Waals surface area contributed by atoms with E-state index in [0.29, 0.717) is 12.2 Å². The van der Waals surface area contributed by atoms with Gasteiger partial charge in [-0.3, -0.25) is 0 Å². The van der Waals surface area contributed by atoms with Gasteiger partial charge < -0.3 is 19.9 Å². The topological polar surface area (TPSA) is 87.9 Å². The number of benzene rings is 2. The van der Waals surface area contributed by atoms with Crippen LogP contribution in [0.3, 0.4) is 0 Å². The molecule has 0 radical (unpaired) electrons. The fraction of sp³-hybridized carbons (Fsp3) is 0.300. The standard InChI is InChI=1S/C20H23NO5/c1-3-24-14(2)25-18(17(21)15-10-6-4-7-11-15)20(23)26-19(22)16-12-8-5-9-13-16/h4-14,17-18H,3,21H2,1-2H3/t14?,17-,18?/m1/s1. The SMILES string of the molecule is CCOC(C)OC(C(=O)OC(=O)c1ccccc1)[C@H](N)c1ccccc1. The minimum Gasteiger partial charge on any atom is -0.387 e. The molecule has 0 bridgehead atoms. The summed E-state index contributed by atoms with van der Waals surface area (Å²) in [4.78, 5) is 24.7. The Morgan fingerprint density at radius 2 is 1.58 bits per heavy atom. The third-order valence-electron chi connectivity index (χ3n) is 3.69. The first-order valence-electron chi connectivity index (χ1n) is 8.41. The number of hydrogen-bond acceptors (Lipinski definition) is 6. The highest BCUT2D eigenvalue weighted by Gasteiger charge is 2.33. The molecule has 0 aliphatic carbocycles. The average Bonchev–Trinajstić information content (AvgIpc) is 2.67. The summed E-state index contributed by atoms with van der Waals surface area (Å²) in [5, 5.41) is 0. The van der Waals surface area contributed by atoms with Crippen molar-refractivity contribution in [3.8, 4) is 0 Å². The molecular weight excluding hydrogens is 334 g/mol. The molecule has 6 heteroatoms. The average molecular weight is 357 g/mol. The highest BCUT2D eigenvalue weighted by molar-refractivity contribution is 5.98. The van der Waals surface area contributed by atoms with E-state index in [2.05, 4.69) is 0 Å². The molecule has 0 saturated heterocycles. The monoisotopic (exact) mass is 357 g/mol. The van der Waals surface area contributed by atoms with E-state index in [1.54, 1.807) is 61.5 Å². The maximum atomic E-state index is 12.6. The van der Waals surface area contributed by atoms with Crippen LogP contribution in [0.5, 0.6) is 0 Å². The zero-order chi connectivity index (χ0) is 18.9. The van der Waals surface area contributed by atoms with Crippen LogP contribution in [-0.4, -0.2) is 30.9 Å². The minimum atomic E-state index is -1.19.